The van der Waals surface area contributed by atoms with Gasteiger partial charge in [-0.25, -0.2) is 9.97 Å². The third-order valence-electron chi connectivity index (χ3n) is 5.53. The minimum atomic E-state index is 0.239. The van der Waals surface area contributed by atoms with Gasteiger partial charge in [0.1, 0.15) is 11.6 Å². The number of benzene rings is 1. The molecule has 0 saturated heterocycles. The molecule has 2 aromatic heterocycles. The van der Waals surface area contributed by atoms with E-state index in [-0.39, 0.29) is 17.8 Å². The van der Waals surface area contributed by atoms with Crippen LogP contribution in [0.1, 0.15) is 47.9 Å². The Kier molecular flexibility index (Phi) is 5.41. The fourth-order valence-electron chi connectivity index (χ4n) is 4.18. The molecule has 2 atom stereocenters. The van der Waals surface area contributed by atoms with E-state index in [4.69, 9.17) is 17.2 Å². The lowest BCUT2D eigenvalue weighted by Gasteiger charge is -2.19. The summed E-state index contributed by atoms with van der Waals surface area (Å²) in [5.41, 5.74) is 21.2. The Morgan fingerprint density at radius 1 is 0.931 bits per heavy atom. The molecular weight excluding hydrogens is 364 g/mol. The number of fused-ring (bicyclic) bond motifs is 1. The maximum atomic E-state index is 6.30. The van der Waals surface area contributed by atoms with Gasteiger partial charge in [0.05, 0.1) is 5.69 Å². The van der Waals surface area contributed by atoms with Crippen molar-refractivity contribution < 1.29 is 0 Å². The van der Waals surface area contributed by atoms with Gasteiger partial charge in [-0.15, -0.1) is 0 Å². The molecule has 29 heavy (non-hydrogen) atoms. The van der Waals surface area contributed by atoms with Crippen LogP contribution in [0.25, 0.3) is 0 Å². The molecule has 0 bridgehead atoms. The van der Waals surface area contributed by atoms with E-state index in [9.17, 15) is 0 Å². The van der Waals surface area contributed by atoms with Gasteiger partial charge in [-0.05, 0) is 49.1 Å². The highest BCUT2D eigenvalue weighted by Gasteiger charge is 2.28. The molecule has 0 spiro atoms. The van der Waals surface area contributed by atoms with Gasteiger partial charge in [-0.2, -0.15) is 9.97 Å². The van der Waals surface area contributed by atoms with E-state index >= 15 is 0 Å². The summed E-state index contributed by atoms with van der Waals surface area (Å²) in [6, 6.07) is 12.4. The van der Waals surface area contributed by atoms with Crippen LogP contribution in [-0.2, 0) is 6.42 Å². The average Bonchev–Trinajstić information content (AvgIpc) is 2.88. The van der Waals surface area contributed by atoms with Crippen molar-refractivity contribution in [2.45, 2.75) is 37.5 Å². The molecular formula is C21H26N8. The molecule has 0 aliphatic heterocycles. The van der Waals surface area contributed by atoms with Crippen molar-refractivity contribution in [2.75, 3.05) is 29.1 Å². The van der Waals surface area contributed by atoms with Crippen LogP contribution < -0.4 is 22.5 Å². The molecule has 150 valence electrons. The van der Waals surface area contributed by atoms with Crippen LogP contribution in [0.15, 0.2) is 42.6 Å². The van der Waals surface area contributed by atoms with Gasteiger partial charge >= 0.3 is 0 Å². The minimum absolute atomic E-state index is 0.239. The highest BCUT2D eigenvalue weighted by molar-refractivity contribution is 5.49. The number of hydrogen-bond acceptors (Lipinski definition) is 8. The molecule has 0 amide bonds. The van der Waals surface area contributed by atoms with Gasteiger partial charge in [0.15, 0.2) is 0 Å². The smallest absolute Gasteiger partial charge is 0.222 e. The van der Waals surface area contributed by atoms with Gasteiger partial charge in [-0.3, -0.25) is 0 Å². The van der Waals surface area contributed by atoms with Crippen LogP contribution in [0.3, 0.4) is 0 Å². The van der Waals surface area contributed by atoms with Crippen LogP contribution >= 0.6 is 0 Å². The van der Waals surface area contributed by atoms with Crippen molar-refractivity contribution in [2.24, 2.45) is 0 Å². The molecule has 0 fully saturated rings. The molecule has 3 aromatic rings. The molecule has 0 radical (unpaired) electrons. The van der Waals surface area contributed by atoms with Crippen molar-refractivity contribution >= 4 is 23.5 Å². The second kappa shape index (κ2) is 8.30. The first-order valence-corrected chi connectivity index (χ1v) is 9.89. The van der Waals surface area contributed by atoms with Crippen LogP contribution in [0.2, 0.25) is 0 Å². The predicted octanol–water partition coefficient (Wildman–Crippen LogP) is 2.72. The Balaban J connectivity index is 1.55. The molecule has 2 unspecified atom stereocenters. The number of nitrogens with two attached hydrogens (primary N) is 3. The van der Waals surface area contributed by atoms with Crippen LogP contribution in [0.5, 0.6) is 0 Å². The Bertz CT molecular complexity index is 976. The lowest BCUT2D eigenvalue weighted by molar-refractivity contribution is 0.535. The first kappa shape index (κ1) is 18.9. The van der Waals surface area contributed by atoms with Gasteiger partial charge < -0.3 is 22.5 Å². The third-order valence-corrected chi connectivity index (χ3v) is 5.53. The molecule has 8 heteroatoms. The second-order valence-electron chi connectivity index (χ2n) is 7.43. The van der Waals surface area contributed by atoms with Crippen molar-refractivity contribution in [1.29, 1.82) is 0 Å². The fraction of sp³-hybridized carbons (Fsp3) is 0.333. The number of nitrogens with zero attached hydrogens (tertiary/aromatic N) is 4. The van der Waals surface area contributed by atoms with E-state index in [0.29, 0.717) is 11.7 Å². The molecule has 1 aromatic carbocycles. The maximum Gasteiger partial charge on any atom is 0.222 e. The predicted molar refractivity (Wildman–Crippen MR) is 115 cm³/mol. The van der Waals surface area contributed by atoms with Crippen molar-refractivity contribution in [3.8, 4) is 0 Å². The number of aromatic nitrogens is 4. The Labute approximate surface area is 170 Å². The molecule has 8 nitrogen and oxygen atoms in total. The zero-order valence-electron chi connectivity index (χ0n) is 16.3. The van der Waals surface area contributed by atoms with Gasteiger partial charge in [0.25, 0.3) is 0 Å². The Hall–Kier alpha value is -3.42. The molecule has 2 heterocycles. The summed E-state index contributed by atoms with van der Waals surface area (Å²) < 4.78 is 0. The summed E-state index contributed by atoms with van der Waals surface area (Å²) in [5.74, 6) is 2.36. The van der Waals surface area contributed by atoms with E-state index in [1.807, 2.05) is 6.07 Å². The quantitative estimate of drug-likeness (QED) is 0.487. The second-order valence-corrected chi connectivity index (χ2v) is 7.43. The topological polar surface area (TPSA) is 142 Å². The van der Waals surface area contributed by atoms with E-state index in [0.717, 1.165) is 49.3 Å². The van der Waals surface area contributed by atoms with Gasteiger partial charge in [0.2, 0.25) is 11.9 Å². The summed E-state index contributed by atoms with van der Waals surface area (Å²) >= 11 is 0. The van der Waals surface area contributed by atoms with Crippen LogP contribution in [0.4, 0.5) is 23.5 Å². The zero-order valence-corrected chi connectivity index (χ0v) is 16.3. The number of rotatable bonds is 5. The maximum absolute atomic E-state index is 6.30. The third kappa shape index (κ3) is 4.37. The first-order chi connectivity index (χ1) is 14.1. The van der Waals surface area contributed by atoms with Gasteiger partial charge in [0, 0.05) is 18.3 Å². The van der Waals surface area contributed by atoms with Crippen LogP contribution in [0, 0.1) is 0 Å². The van der Waals surface area contributed by atoms with E-state index < -0.39 is 0 Å². The Morgan fingerprint density at radius 3 is 2.55 bits per heavy atom. The Morgan fingerprint density at radius 2 is 1.76 bits per heavy atom. The van der Waals surface area contributed by atoms with Crippen molar-refractivity contribution in [1.82, 2.24) is 19.9 Å². The monoisotopic (exact) mass is 390 g/mol. The highest BCUT2D eigenvalue weighted by atomic mass is 15.1. The summed E-state index contributed by atoms with van der Waals surface area (Å²) in [6.07, 6.45) is 5.42. The van der Waals surface area contributed by atoms with Crippen LogP contribution in [-0.4, -0.2) is 26.5 Å². The largest absolute Gasteiger partial charge is 0.383 e. The van der Waals surface area contributed by atoms with Crippen molar-refractivity contribution in [3.05, 3.63) is 59.4 Å². The number of anilines is 4. The normalized spacial score (nSPS) is 18.6. The zero-order chi connectivity index (χ0) is 20.2. The molecule has 1 aliphatic carbocycles. The lowest BCUT2D eigenvalue weighted by Crippen LogP contribution is -2.14. The summed E-state index contributed by atoms with van der Waals surface area (Å²) in [5, 5.41) is 3.32. The van der Waals surface area contributed by atoms with Gasteiger partial charge in [-0.1, -0.05) is 30.3 Å². The highest BCUT2D eigenvalue weighted by Crippen LogP contribution is 2.40. The summed E-state index contributed by atoms with van der Waals surface area (Å²) in [6.45, 7) is 0.736. The minimum Gasteiger partial charge on any atom is -0.383 e. The molecule has 0 saturated carbocycles. The average molecular weight is 390 g/mol. The van der Waals surface area contributed by atoms with E-state index in [1.54, 1.807) is 12.3 Å². The molecule has 1 aliphatic rings. The molecule has 7 N–H and O–H groups in total. The lowest BCUT2D eigenvalue weighted by atomic mass is 9.89. The standard InChI is InChI=1S/C21H26N8/c22-19-18-14(8-10-25-17-9-11-26-20(23)28-17)6-7-15(13-4-2-1-3-5-13)12-16(18)27-21(24)29-19/h1-5,9,11,14-15H,6-8,10,12H2,(H4,22,24,27,29)(H3,23,25,26,28). The number of hydrogen-bond donors (Lipinski definition) is 4. The fourth-order valence-corrected chi connectivity index (χ4v) is 4.18. The number of nitrogen functional groups attached to an aromatic ring is 3. The van der Waals surface area contributed by atoms with E-state index in [1.165, 1.54) is 5.56 Å². The summed E-state index contributed by atoms with van der Waals surface area (Å²) in [4.78, 5) is 16.9. The van der Waals surface area contributed by atoms with Crippen molar-refractivity contribution in [3.63, 3.8) is 0 Å². The van der Waals surface area contributed by atoms with E-state index in [2.05, 4.69) is 49.5 Å². The molecule has 4 rings (SSSR count). The number of nitrogens with one attached hydrogen (secondary N) is 1. The summed E-state index contributed by atoms with van der Waals surface area (Å²) in [7, 11) is 0. The first-order valence-electron chi connectivity index (χ1n) is 9.89. The SMILES string of the molecule is Nc1nccc(NCCC2CCC(c3ccccc3)Cc3nc(N)nc(N)c32)n1.